The molecule has 6 nitrogen and oxygen atoms in total. The number of aliphatic hydroxyl groups excluding tert-OH is 3. The minimum absolute atomic E-state index is 0.301. The van der Waals surface area contributed by atoms with E-state index in [1.54, 1.807) is 0 Å². The predicted molar refractivity (Wildman–Crippen MR) is 76.6 cm³/mol. The summed E-state index contributed by atoms with van der Waals surface area (Å²) < 4.78 is 5.13. The van der Waals surface area contributed by atoms with Crippen LogP contribution in [0.5, 0.6) is 0 Å². The SMILES string of the molecule is OC[C@]1(O)O[C@H](CNCCCc2ccccc2)[C@H](O)[C@H]1O. The van der Waals surface area contributed by atoms with E-state index in [4.69, 9.17) is 9.84 Å². The molecule has 1 heterocycles. The van der Waals surface area contributed by atoms with Crippen LogP contribution in [-0.2, 0) is 11.2 Å². The summed E-state index contributed by atoms with van der Waals surface area (Å²) in [5.41, 5.74) is 1.27. The van der Waals surface area contributed by atoms with Gasteiger partial charge in [0, 0.05) is 6.54 Å². The quantitative estimate of drug-likeness (QED) is 0.414. The van der Waals surface area contributed by atoms with Crippen molar-refractivity contribution in [2.75, 3.05) is 19.7 Å². The van der Waals surface area contributed by atoms with Crippen molar-refractivity contribution in [3.8, 4) is 0 Å². The summed E-state index contributed by atoms with van der Waals surface area (Å²) in [5, 5.41) is 41.3. The molecule has 0 amide bonds. The lowest BCUT2D eigenvalue weighted by molar-refractivity contribution is -0.245. The molecule has 0 unspecified atom stereocenters. The fourth-order valence-electron chi connectivity index (χ4n) is 2.47. The van der Waals surface area contributed by atoms with Crippen LogP contribution in [0.1, 0.15) is 12.0 Å². The highest BCUT2D eigenvalue weighted by atomic mass is 16.7. The Morgan fingerprint density at radius 2 is 1.90 bits per heavy atom. The van der Waals surface area contributed by atoms with Gasteiger partial charge < -0.3 is 30.5 Å². The Kier molecular flexibility index (Phi) is 5.69. The highest BCUT2D eigenvalue weighted by molar-refractivity contribution is 5.14. The molecule has 0 radical (unpaired) electrons. The summed E-state index contributed by atoms with van der Waals surface area (Å²) in [4.78, 5) is 0. The maximum atomic E-state index is 9.77. The van der Waals surface area contributed by atoms with Crippen LogP contribution in [0.2, 0.25) is 0 Å². The number of rotatable bonds is 7. The summed E-state index contributed by atoms with van der Waals surface area (Å²) in [5.74, 6) is -2.07. The number of hydrogen-bond donors (Lipinski definition) is 5. The van der Waals surface area contributed by atoms with Crippen LogP contribution in [-0.4, -0.2) is 64.2 Å². The second kappa shape index (κ2) is 7.31. The normalized spacial score (nSPS) is 32.5. The topological polar surface area (TPSA) is 102 Å². The molecular formula is C15H23NO5. The Hall–Kier alpha value is -1.02. The zero-order chi connectivity index (χ0) is 15.3. The number of aliphatic hydroxyl groups is 4. The molecule has 1 aliphatic heterocycles. The van der Waals surface area contributed by atoms with Gasteiger partial charge in [-0.25, -0.2) is 0 Å². The Bertz CT molecular complexity index is 429. The first-order chi connectivity index (χ1) is 10.1. The molecule has 5 N–H and O–H groups in total. The average molecular weight is 297 g/mol. The highest BCUT2D eigenvalue weighted by Gasteiger charge is 2.52. The molecule has 0 aliphatic carbocycles. The maximum Gasteiger partial charge on any atom is 0.219 e. The lowest BCUT2D eigenvalue weighted by Gasteiger charge is -2.22. The monoisotopic (exact) mass is 297 g/mol. The molecule has 1 saturated heterocycles. The number of hydrogen-bond acceptors (Lipinski definition) is 6. The predicted octanol–water partition coefficient (Wildman–Crippen LogP) is -0.990. The van der Waals surface area contributed by atoms with Crippen LogP contribution in [0.15, 0.2) is 30.3 Å². The van der Waals surface area contributed by atoms with E-state index in [2.05, 4.69) is 17.4 Å². The molecule has 0 spiro atoms. The zero-order valence-corrected chi connectivity index (χ0v) is 11.9. The molecule has 118 valence electrons. The molecule has 1 aliphatic rings. The van der Waals surface area contributed by atoms with E-state index in [0.29, 0.717) is 6.54 Å². The van der Waals surface area contributed by atoms with Crippen LogP contribution in [0.3, 0.4) is 0 Å². The van der Waals surface area contributed by atoms with Gasteiger partial charge in [0.15, 0.2) is 0 Å². The van der Waals surface area contributed by atoms with E-state index in [1.807, 2.05) is 18.2 Å². The molecule has 1 aromatic carbocycles. The van der Waals surface area contributed by atoms with Gasteiger partial charge in [-0.1, -0.05) is 30.3 Å². The lowest BCUT2D eigenvalue weighted by Crippen LogP contribution is -2.46. The fraction of sp³-hybridized carbons (Fsp3) is 0.600. The third-order valence-electron chi connectivity index (χ3n) is 3.76. The van der Waals surface area contributed by atoms with E-state index in [9.17, 15) is 15.3 Å². The summed E-state index contributed by atoms with van der Waals surface area (Å²) in [6.07, 6.45) is -1.58. The van der Waals surface area contributed by atoms with E-state index in [1.165, 1.54) is 5.56 Å². The van der Waals surface area contributed by atoms with Crippen LogP contribution >= 0.6 is 0 Å². The van der Waals surface area contributed by atoms with Crippen molar-refractivity contribution in [3.63, 3.8) is 0 Å². The van der Waals surface area contributed by atoms with Crippen molar-refractivity contribution in [2.24, 2.45) is 0 Å². The summed E-state index contributed by atoms with van der Waals surface area (Å²) in [6.45, 7) is 0.278. The standard InChI is InChI=1S/C15H23NO5/c17-10-15(20)14(19)13(18)12(21-15)9-16-8-4-7-11-5-2-1-3-6-11/h1-3,5-6,12-14,16-20H,4,7-10H2/t12-,13+,14-,15+/m1/s1. The van der Waals surface area contributed by atoms with Gasteiger partial charge in [0.2, 0.25) is 5.79 Å². The molecule has 21 heavy (non-hydrogen) atoms. The lowest BCUT2D eigenvalue weighted by atomic mass is 10.1. The second-order valence-corrected chi connectivity index (χ2v) is 5.39. The van der Waals surface area contributed by atoms with Gasteiger partial charge in [-0.05, 0) is 24.9 Å². The number of ether oxygens (including phenoxy) is 1. The second-order valence-electron chi connectivity index (χ2n) is 5.39. The van der Waals surface area contributed by atoms with Crippen molar-refractivity contribution < 1.29 is 25.2 Å². The van der Waals surface area contributed by atoms with Crippen LogP contribution in [0.4, 0.5) is 0 Å². The summed E-state index contributed by atoms with van der Waals surface area (Å²) >= 11 is 0. The highest BCUT2D eigenvalue weighted by Crippen LogP contribution is 2.28. The molecule has 1 fully saturated rings. The Morgan fingerprint density at radius 3 is 2.52 bits per heavy atom. The molecule has 1 aromatic rings. The van der Waals surface area contributed by atoms with Crippen molar-refractivity contribution >= 4 is 0 Å². The Labute approximate surface area is 124 Å². The minimum Gasteiger partial charge on any atom is -0.391 e. The van der Waals surface area contributed by atoms with Crippen LogP contribution < -0.4 is 5.32 Å². The van der Waals surface area contributed by atoms with E-state index in [-0.39, 0.29) is 0 Å². The molecule has 2 rings (SSSR count). The van der Waals surface area contributed by atoms with E-state index < -0.39 is 30.7 Å². The molecule has 0 bridgehead atoms. The van der Waals surface area contributed by atoms with Crippen LogP contribution in [0, 0.1) is 0 Å². The maximum absolute atomic E-state index is 9.77. The molecule has 4 atom stereocenters. The van der Waals surface area contributed by atoms with Crippen molar-refractivity contribution in [1.82, 2.24) is 5.32 Å². The van der Waals surface area contributed by atoms with Crippen molar-refractivity contribution in [1.29, 1.82) is 0 Å². The van der Waals surface area contributed by atoms with Gasteiger partial charge in [-0.15, -0.1) is 0 Å². The third kappa shape index (κ3) is 4.00. The molecule has 0 aromatic heterocycles. The van der Waals surface area contributed by atoms with Gasteiger partial charge >= 0.3 is 0 Å². The third-order valence-corrected chi connectivity index (χ3v) is 3.76. The fourth-order valence-corrected chi connectivity index (χ4v) is 2.47. The molecule has 6 heteroatoms. The van der Waals surface area contributed by atoms with Gasteiger partial charge in [0.1, 0.15) is 18.3 Å². The average Bonchev–Trinajstić information content (AvgIpc) is 2.73. The van der Waals surface area contributed by atoms with Gasteiger partial charge in [-0.2, -0.15) is 0 Å². The van der Waals surface area contributed by atoms with E-state index in [0.717, 1.165) is 19.4 Å². The Balaban J connectivity index is 1.67. The van der Waals surface area contributed by atoms with E-state index >= 15 is 0 Å². The summed E-state index contributed by atoms with van der Waals surface area (Å²) in [6, 6.07) is 10.1. The number of benzene rings is 1. The first-order valence-corrected chi connectivity index (χ1v) is 7.18. The minimum atomic E-state index is -2.07. The first-order valence-electron chi connectivity index (χ1n) is 7.18. The van der Waals surface area contributed by atoms with Gasteiger partial charge in [-0.3, -0.25) is 0 Å². The summed E-state index contributed by atoms with van der Waals surface area (Å²) in [7, 11) is 0. The smallest absolute Gasteiger partial charge is 0.219 e. The van der Waals surface area contributed by atoms with Crippen molar-refractivity contribution in [3.05, 3.63) is 35.9 Å². The zero-order valence-electron chi connectivity index (χ0n) is 11.9. The van der Waals surface area contributed by atoms with Crippen LogP contribution in [0.25, 0.3) is 0 Å². The van der Waals surface area contributed by atoms with Crippen molar-refractivity contribution in [2.45, 2.75) is 36.9 Å². The Morgan fingerprint density at radius 1 is 1.19 bits per heavy atom. The number of nitrogens with one attached hydrogen (secondary N) is 1. The number of aryl methyl sites for hydroxylation is 1. The van der Waals surface area contributed by atoms with Gasteiger partial charge in [0.05, 0.1) is 6.61 Å². The van der Waals surface area contributed by atoms with Gasteiger partial charge in [0.25, 0.3) is 0 Å². The molecular weight excluding hydrogens is 274 g/mol. The largest absolute Gasteiger partial charge is 0.391 e. The first kappa shape index (κ1) is 16.4. The molecule has 0 saturated carbocycles.